The predicted molar refractivity (Wildman–Crippen MR) is 104 cm³/mol. The largest absolute Gasteiger partial charge is 0.330 e. The van der Waals surface area contributed by atoms with E-state index in [0.717, 1.165) is 31.5 Å². The number of carbonyl (C=O) groups is 1. The second kappa shape index (κ2) is 9.24. The van der Waals surface area contributed by atoms with E-state index in [2.05, 4.69) is 44.1 Å². The van der Waals surface area contributed by atoms with Crippen molar-refractivity contribution in [2.45, 2.75) is 60.0 Å². The first kappa shape index (κ1) is 22.3. The Bertz CT molecular complexity index is 467. The van der Waals surface area contributed by atoms with Gasteiger partial charge in [-0.1, -0.05) is 46.3 Å². The number of rotatable bonds is 8. The third-order valence-electron chi connectivity index (χ3n) is 5.37. The minimum absolute atomic E-state index is 0.138. The highest BCUT2D eigenvalue weighted by Crippen LogP contribution is 2.23. The zero-order chi connectivity index (χ0) is 19.4. The van der Waals surface area contributed by atoms with Crippen molar-refractivity contribution in [2.75, 3.05) is 33.2 Å². The van der Waals surface area contributed by atoms with Crippen molar-refractivity contribution in [3.63, 3.8) is 0 Å². The average Bonchev–Trinajstić information content (AvgIpc) is 2.59. The summed E-state index contributed by atoms with van der Waals surface area (Å²) in [4.78, 5) is 17.4. The van der Waals surface area contributed by atoms with Crippen LogP contribution in [0.2, 0.25) is 0 Å². The highest BCUT2D eigenvalue weighted by Gasteiger charge is 2.48. The number of quaternary nitrogens is 1. The van der Waals surface area contributed by atoms with E-state index in [1.807, 2.05) is 14.0 Å². The van der Waals surface area contributed by atoms with E-state index < -0.39 is 6.29 Å². The first-order valence-electron chi connectivity index (χ1n) is 9.56. The fourth-order valence-electron chi connectivity index (χ4n) is 3.29. The number of likely N-dealkylation sites (N-methyl/N-ethyl adjacent to an activating group) is 1. The lowest BCUT2D eigenvalue weighted by Crippen LogP contribution is -2.69. The van der Waals surface area contributed by atoms with Crippen LogP contribution < -0.4 is 11.5 Å². The lowest BCUT2D eigenvalue weighted by atomic mass is 10.1. The quantitative estimate of drug-likeness (QED) is 0.513. The molecule has 0 bridgehead atoms. The Morgan fingerprint density at radius 1 is 1.32 bits per heavy atom. The van der Waals surface area contributed by atoms with Crippen LogP contribution in [-0.4, -0.2) is 66.0 Å². The Morgan fingerprint density at radius 3 is 2.40 bits per heavy atom. The summed E-state index contributed by atoms with van der Waals surface area (Å²) >= 11 is 0. The summed E-state index contributed by atoms with van der Waals surface area (Å²) in [5.41, 5.74) is 14.3. The smallest absolute Gasteiger partial charge is 0.303 e. The maximum atomic E-state index is 13.2. The van der Waals surface area contributed by atoms with Crippen LogP contribution in [0.15, 0.2) is 12.2 Å². The zero-order valence-corrected chi connectivity index (χ0v) is 17.2. The molecule has 0 aromatic rings. The van der Waals surface area contributed by atoms with Gasteiger partial charge in [0, 0.05) is 19.5 Å². The van der Waals surface area contributed by atoms with Gasteiger partial charge in [0.2, 0.25) is 6.29 Å². The van der Waals surface area contributed by atoms with Gasteiger partial charge < -0.3 is 5.73 Å². The molecule has 0 saturated carbocycles. The third-order valence-corrected chi connectivity index (χ3v) is 5.37. The summed E-state index contributed by atoms with van der Waals surface area (Å²) in [5.74, 6) is 1.05. The van der Waals surface area contributed by atoms with Crippen LogP contribution in [0, 0.1) is 11.8 Å². The van der Waals surface area contributed by atoms with Gasteiger partial charge in [-0.3, -0.25) is 10.6 Å². The summed E-state index contributed by atoms with van der Waals surface area (Å²) in [7, 11) is 1.95. The molecule has 3 unspecified atom stereocenters. The molecule has 0 aromatic carbocycles. The number of nitrogens with two attached hydrogens (primary N) is 2. The van der Waals surface area contributed by atoms with Crippen LogP contribution in [0.25, 0.3) is 0 Å². The maximum Gasteiger partial charge on any atom is 0.330 e. The molecule has 6 nitrogen and oxygen atoms in total. The fraction of sp³-hybridized carbons (Fsp3) is 0.842. The number of hydrogen-bond donors (Lipinski definition) is 2. The molecule has 4 atom stereocenters. The van der Waals surface area contributed by atoms with Gasteiger partial charge in [0.05, 0.1) is 13.6 Å². The molecule has 0 aliphatic carbocycles. The molecule has 0 spiro atoms. The van der Waals surface area contributed by atoms with Crippen molar-refractivity contribution in [3.05, 3.63) is 12.2 Å². The summed E-state index contributed by atoms with van der Waals surface area (Å²) in [5, 5.41) is 0. The van der Waals surface area contributed by atoms with Crippen LogP contribution >= 0.6 is 0 Å². The van der Waals surface area contributed by atoms with Crippen molar-refractivity contribution in [1.82, 2.24) is 9.80 Å². The van der Waals surface area contributed by atoms with E-state index in [0.29, 0.717) is 24.9 Å². The molecule has 1 rings (SSSR count). The molecule has 0 radical (unpaired) electrons. The molecule has 1 saturated heterocycles. The van der Waals surface area contributed by atoms with E-state index in [4.69, 9.17) is 11.5 Å². The first-order valence-corrected chi connectivity index (χ1v) is 9.56. The van der Waals surface area contributed by atoms with E-state index >= 15 is 0 Å². The Hall–Kier alpha value is -0.790. The third kappa shape index (κ3) is 5.59. The monoisotopic (exact) mass is 354 g/mol. The molecule has 146 valence electrons. The molecule has 1 heterocycles. The molecule has 1 amide bonds. The SMILES string of the molecule is C=C(C)CC[N+]1(C)C(=O)CN(C[C@H](C)CC)C(N)N(CC(C)C)C1N. The molecule has 1 aliphatic heterocycles. The van der Waals surface area contributed by atoms with Crippen LogP contribution in [-0.2, 0) is 4.79 Å². The fourth-order valence-corrected chi connectivity index (χ4v) is 3.29. The van der Waals surface area contributed by atoms with Gasteiger partial charge in [0.1, 0.15) is 12.8 Å². The summed E-state index contributed by atoms with van der Waals surface area (Å²) < 4.78 is 0.185. The Balaban J connectivity index is 3.18. The van der Waals surface area contributed by atoms with E-state index in [1.165, 1.54) is 0 Å². The van der Waals surface area contributed by atoms with Crippen molar-refractivity contribution in [3.8, 4) is 0 Å². The van der Waals surface area contributed by atoms with Gasteiger partial charge >= 0.3 is 5.91 Å². The lowest BCUT2D eigenvalue weighted by Gasteiger charge is -2.42. The van der Waals surface area contributed by atoms with Crippen molar-refractivity contribution in [1.29, 1.82) is 0 Å². The van der Waals surface area contributed by atoms with Crippen LogP contribution in [0.4, 0.5) is 0 Å². The Labute approximate surface area is 154 Å². The highest BCUT2D eigenvalue weighted by molar-refractivity contribution is 5.71. The zero-order valence-electron chi connectivity index (χ0n) is 17.2. The van der Waals surface area contributed by atoms with Gasteiger partial charge in [-0.2, -0.15) is 0 Å². The second-order valence-electron chi connectivity index (χ2n) is 8.45. The van der Waals surface area contributed by atoms with Gasteiger partial charge in [0.25, 0.3) is 0 Å². The van der Waals surface area contributed by atoms with Crippen molar-refractivity contribution < 1.29 is 9.28 Å². The van der Waals surface area contributed by atoms with Crippen molar-refractivity contribution >= 4 is 5.91 Å². The topological polar surface area (TPSA) is 75.6 Å². The molecule has 0 aromatic heterocycles. The average molecular weight is 355 g/mol. The van der Waals surface area contributed by atoms with Gasteiger partial charge in [-0.25, -0.2) is 14.2 Å². The number of carbonyl (C=O) groups excluding carboxylic acids is 1. The molecule has 25 heavy (non-hydrogen) atoms. The minimum atomic E-state index is -0.439. The normalized spacial score (nSPS) is 30.5. The van der Waals surface area contributed by atoms with Gasteiger partial charge in [0.15, 0.2) is 0 Å². The number of nitrogens with zero attached hydrogens (tertiary/aromatic N) is 3. The van der Waals surface area contributed by atoms with Crippen LogP contribution in [0.1, 0.15) is 47.5 Å². The van der Waals surface area contributed by atoms with Crippen LogP contribution in [0.3, 0.4) is 0 Å². The van der Waals surface area contributed by atoms with E-state index in [-0.39, 0.29) is 16.7 Å². The summed E-state index contributed by atoms with van der Waals surface area (Å²) in [6.45, 7) is 17.2. The maximum absolute atomic E-state index is 13.2. The molecule has 4 N–H and O–H groups in total. The molecule has 6 heteroatoms. The number of amides is 1. The molecule has 1 aliphatic rings. The second-order valence-corrected chi connectivity index (χ2v) is 8.45. The lowest BCUT2D eigenvalue weighted by molar-refractivity contribution is -0.872. The predicted octanol–water partition coefficient (Wildman–Crippen LogP) is 1.73. The standard InChI is InChI=1S/C19H40N5O/c1-8-16(6)12-22-13-17(25)24(7,10-9-14(2)3)19(21)23(18(22)20)11-15(4)5/h15-16,18-19H,2,8-13,20-21H2,1,3-7H3/q+1/t16-,18?,19?,24?/m1/s1. The molecular weight excluding hydrogens is 314 g/mol. The van der Waals surface area contributed by atoms with Crippen molar-refractivity contribution in [2.24, 2.45) is 23.3 Å². The molecular formula is C19H40N5O+. The summed E-state index contributed by atoms with van der Waals surface area (Å²) in [6.07, 6.45) is 1.08. The minimum Gasteiger partial charge on any atom is -0.303 e. The first-order chi connectivity index (χ1) is 11.5. The van der Waals surface area contributed by atoms with E-state index in [9.17, 15) is 4.79 Å². The van der Waals surface area contributed by atoms with Gasteiger partial charge in [-0.05, 0) is 18.8 Å². The van der Waals surface area contributed by atoms with E-state index in [1.54, 1.807) is 0 Å². The Morgan fingerprint density at radius 2 is 1.92 bits per heavy atom. The highest BCUT2D eigenvalue weighted by atomic mass is 16.2. The van der Waals surface area contributed by atoms with Crippen LogP contribution in [0.5, 0.6) is 0 Å². The molecule has 1 fully saturated rings. The summed E-state index contributed by atoms with van der Waals surface area (Å²) in [6, 6.07) is 0. The number of hydrogen-bond acceptors (Lipinski definition) is 5. The van der Waals surface area contributed by atoms with Gasteiger partial charge in [-0.15, -0.1) is 0 Å². The Kier molecular flexibility index (Phi) is 8.22.